The number of hydrogen-bond donors (Lipinski definition) is 2. The van der Waals surface area contributed by atoms with Gasteiger partial charge in [-0.2, -0.15) is 0 Å². The van der Waals surface area contributed by atoms with Crippen LogP contribution in [-0.4, -0.2) is 17.4 Å². The van der Waals surface area contributed by atoms with Gasteiger partial charge in [0.2, 0.25) is 11.8 Å². The first kappa shape index (κ1) is 15.5. The Labute approximate surface area is 124 Å². The molecule has 114 valence electrons. The molecule has 0 saturated carbocycles. The van der Waals surface area contributed by atoms with E-state index in [1.807, 2.05) is 13.8 Å². The van der Waals surface area contributed by atoms with E-state index in [0.29, 0.717) is 19.3 Å². The first-order chi connectivity index (χ1) is 9.88. The lowest BCUT2D eigenvalue weighted by Crippen LogP contribution is -2.39. The summed E-state index contributed by atoms with van der Waals surface area (Å²) in [5, 5.41) is 5.81. The van der Waals surface area contributed by atoms with Crippen LogP contribution in [0.3, 0.4) is 0 Å². The minimum Gasteiger partial charge on any atom is -0.351 e. The predicted molar refractivity (Wildman–Crippen MR) is 78.0 cm³/mol. The van der Waals surface area contributed by atoms with E-state index in [4.69, 9.17) is 0 Å². The summed E-state index contributed by atoms with van der Waals surface area (Å²) >= 11 is 0. The average Bonchev–Trinajstić information content (AvgIpc) is 2.77. The van der Waals surface area contributed by atoms with Gasteiger partial charge in [0.15, 0.2) is 0 Å². The van der Waals surface area contributed by atoms with E-state index >= 15 is 0 Å². The summed E-state index contributed by atoms with van der Waals surface area (Å²) in [5.41, 5.74) is 0.596. The second kappa shape index (κ2) is 6.24. The van der Waals surface area contributed by atoms with Crippen LogP contribution < -0.4 is 10.6 Å². The van der Waals surface area contributed by atoms with Gasteiger partial charge in [-0.3, -0.25) is 9.59 Å². The Bertz CT molecular complexity index is 530. The highest BCUT2D eigenvalue weighted by Crippen LogP contribution is 2.24. The van der Waals surface area contributed by atoms with Gasteiger partial charge in [-0.25, -0.2) is 4.39 Å². The molecule has 21 heavy (non-hydrogen) atoms. The van der Waals surface area contributed by atoms with E-state index < -0.39 is 0 Å². The summed E-state index contributed by atoms with van der Waals surface area (Å²) in [5.74, 6) is -0.297. The highest BCUT2D eigenvalue weighted by molar-refractivity contribution is 5.80. The largest absolute Gasteiger partial charge is 0.351 e. The first-order valence-electron chi connectivity index (χ1n) is 7.24. The number of benzene rings is 1. The zero-order valence-electron chi connectivity index (χ0n) is 12.4. The Balaban J connectivity index is 1.81. The predicted octanol–water partition coefficient (Wildman–Crippen LogP) is 2.45. The van der Waals surface area contributed by atoms with Crippen molar-refractivity contribution >= 4 is 11.8 Å². The quantitative estimate of drug-likeness (QED) is 0.876. The molecule has 1 aliphatic heterocycles. The van der Waals surface area contributed by atoms with E-state index in [2.05, 4.69) is 10.6 Å². The molecular weight excluding hydrogens is 271 g/mol. The molecule has 0 radical (unpaired) electrons. The number of carbonyl (C=O) groups is 2. The summed E-state index contributed by atoms with van der Waals surface area (Å²) in [6, 6.07) is 5.93. The summed E-state index contributed by atoms with van der Waals surface area (Å²) in [4.78, 5) is 23.2. The number of halogens is 1. The van der Waals surface area contributed by atoms with Gasteiger partial charge in [-0.05, 0) is 44.4 Å². The molecule has 4 nitrogen and oxygen atoms in total. The molecule has 5 heteroatoms. The molecule has 1 aliphatic rings. The van der Waals surface area contributed by atoms with Crippen molar-refractivity contribution in [3.63, 3.8) is 0 Å². The molecule has 1 aromatic carbocycles. The van der Waals surface area contributed by atoms with Crippen molar-refractivity contribution in [2.24, 2.45) is 0 Å². The van der Waals surface area contributed by atoms with E-state index in [0.717, 1.165) is 12.0 Å². The molecule has 0 unspecified atom stereocenters. The van der Waals surface area contributed by atoms with Crippen LogP contribution in [0.1, 0.15) is 51.1 Å². The fourth-order valence-electron chi connectivity index (χ4n) is 2.58. The summed E-state index contributed by atoms with van der Waals surface area (Å²) in [6.07, 6.45) is 2.29. The lowest BCUT2D eigenvalue weighted by Gasteiger charge is -2.24. The third-order valence-corrected chi connectivity index (χ3v) is 4.00. The van der Waals surface area contributed by atoms with Crippen molar-refractivity contribution < 1.29 is 14.0 Å². The van der Waals surface area contributed by atoms with E-state index in [9.17, 15) is 14.0 Å². The van der Waals surface area contributed by atoms with Crippen LogP contribution in [0.15, 0.2) is 24.3 Å². The molecule has 0 aromatic heterocycles. The SMILES string of the molecule is C[C@H](NC(=O)CC[C@]1(C)CCC(=O)N1)c1ccc(F)cc1. The molecule has 0 aliphatic carbocycles. The maximum Gasteiger partial charge on any atom is 0.220 e. The number of hydrogen-bond acceptors (Lipinski definition) is 2. The van der Waals surface area contributed by atoms with E-state index in [1.54, 1.807) is 12.1 Å². The average molecular weight is 292 g/mol. The van der Waals surface area contributed by atoms with Crippen LogP contribution in [0.5, 0.6) is 0 Å². The Morgan fingerprint density at radius 1 is 1.43 bits per heavy atom. The Hall–Kier alpha value is -1.91. The van der Waals surface area contributed by atoms with Crippen LogP contribution in [0.2, 0.25) is 0 Å². The Morgan fingerprint density at radius 3 is 2.67 bits per heavy atom. The fourth-order valence-corrected chi connectivity index (χ4v) is 2.58. The van der Waals surface area contributed by atoms with Crippen LogP contribution in [0, 0.1) is 5.82 Å². The van der Waals surface area contributed by atoms with Gasteiger partial charge in [0, 0.05) is 18.4 Å². The highest BCUT2D eigenvalue weighted by atomic mass is 19.1. The normalized spacial score (nSPS) is 22.7. The van der Waals surface area contributed by atoms with Gasteiger partial charge in [0.05, 0.1) is 6.04 Å². The third kappa shape index (κ3) is 4.28. The van der Waals surface area contributed by atoms with Crippen molar-refractivity contribution in [1.82, 2.24) is 10.6 Å². The van der Waals surface area contributed by atoms with Crippen molar-refractivity contribution in [2.75, 3.05) is 0 Å². The van der Waals surface area contributed by atoms with Crippen LogP contribution >= 0.6 is 0 Å². The topological polar surface area (TPSA) is 58.2 Å². The summed E-state index contributed by atoms with van der Waals surface area (Å²) in [6.45, 7) is 3.83. The molecule has 0 bridgehead atoms. The molecule has 2 amide bonds. The summed E-state index contributed by atoms with van der Waals surface area (Å²) in [7, 11) is 0. The third-order valence-electron chi connectivity index (χ3n) is 4.00. The molecular formula is C16H21FN2O2. The van der Waals surface area contributed by atoms with E-state index in [-0.39, 0.29) is 29.2 Å². The minimum absolute atomic E-state index is 0.0533. The van der Waals surface area contributed by atoms with Crippen LogP contribution in [-0.2, 0) is 9.59 Å². The second-order valence-corrected chi connectivity index (χ2v) is 5.95. The number of amides is 2. The lowest BCUT2D eigenvalue weighted by atomic mass is 9.94. The fraction of sp³-hybridized carbons (Fsp3) is 0.500. The second-order valence-electron chi connectivity index (χ2n) is 5.95. The summed E-state index contributed by atoms with van der Waals surface area (Å²) < 4.78 is 12.9. The Morgan fingerprint density at radius 2 is 2.10 bits per heavy atom. The highest BCUT2D eigenvalue weighted by Gasteiger charge is 2.33. The smallest absolute Gasteiger partial charge is 0.220 e. The standard InChI is InChI=1S/C16H21FN2O2/c1-11(12-3-5-13(17)6-4-12)18-14(20)7-9-16(2)10-8-15(21)19-16/h3-6,11H,7-10H2,1-2H3,(H,18,20)(H,19,21)/t11-,16+/m0/s1. The zero-order valence-corrected chi connectivity index (χ0v) is 12.4. The van der Waals surface area contributed by atoms with E-state index in [1.165, 1.54) is 12.1 Å². The van der Waals surface area contributed by atoms with Gasteiger partial charge in [0.1, 0.15) is 5.82 Å². The molecule has 1 saturated heterocycles. The van der Waals surface area contributed by atoms with Crippen LogP contribution in [0.4, 0.5) is 4.39 Å². The van der Waals surface area contributed by atoms with Crippen molar-refractivity contribution in [3.8, 4) is 0 Å². The maximum atomic E-state index is 12.9. The van der Waals surface area contributed by atoms with Gasteiger partial charge in [-0.1, -0.05) is 12.1 Å². The van der Waals surface area contributed by atoms with Gasteiger partial charge in [0.25, 0.3) is 0 Å². The molecule has 1 aromatic rings. The molecule has 1 fully saturated rings. The van der Waals surface area contributed by atoms with Crippen molar-refractivity contribution in [3.05, 3.63) is 35.6 Å². The molecule has 1 heterocycles. The van der Waals surface area contributed by atoms with Gasteiger partial charge >= 0.3 is 0 Å². The minimum atomic E-state index is -0.290. The lowest BCUT2D eigenvalue weighted by molar-refractivity contribution is -0.123. The maximum absolute atomic E-state index is 12.9. The monoisotopic (exact) mass is 292 g/mol. The van der Waals surface area contributed by atoms with Crippen LogP contribution in [0.25, 0.3) is 0 Å². The molecule has 2 N–H and O–H groups in total. The molecule has 0 spiro atoms. The molecule has 2 atom stereocenters. The Kier molecular flexibility index (Phi) is 4.60. The van der Waals surface area contributed by atoms with Crippen molar-refractivity contribution in [2.45, 2.75) is 51.1 Å². The van der Waals surface area contributed by atoms with Gasteiger partial charge < -0.3 is 10.6 Å². The van der Waals surface area contributed by atoms with Crippen molar-refractivity contribution in [1.29, 1.82) is 0 Å². The molecule has 2 rings (SSSR count). The number of carbonyl (C=O) groups excluding carboxylic acids is 2. The van der Waals surface area contributed by atoms with Gasteiger partial charge in [-0.15, -0.1) is 0 Å². The number of rotatable bonds is 5. The first-order valence-corrected chi connectivity index (χ1v) is 7.24. The number of nitrogens with one attached hydrogen (secondary N) is 2. The zero-order chi connectivity index (χ0) is 15.5.